The minimum atomic E-state index is -4.17. The smallest absolute Gasteiger partial charge is 0.375 e. The van der Waals surface area contributed by atoms with E-state index < -0.39 is 12.6 Å². The molecule has 0 saturated carbocycles. The number of benzene rings is 1. The molecular formula is C14H19ClF3N3O. The Labute approximate surface area is 132 Å². The zero-order chi connectivity index (χ0) is 16.4. The van der Waals surface area contributed by atoms with Crippen LogP contribution in [0.1, 0.15) is 12.0 Å². The standard InChI is InChI=1S/C14H19ClF3N3O/c1-19-13(20-7-6-14(16,17)18)21-8-9-22-10-11-2-4-12(15)5-3-11/h2-5H,6-10H2,1H3,(H2,19,20,21). The van der Waals surface area contributed by atoms with Crippen molar-refractivity contribution in [3.8, 4) is 0 Å². The lowest BCUT2D eigenvalue weighted by atomic mass is 10.2. The van der Waals surface area contributed by atoms with Crippen LogP contribution in [0.25, 0.3) is 0 Å². The van der Waals surface area contributed by atoms with Crippen molar-refractivity contribution in [1.82, 2.24) is 10.6 Å². The van der Waals surface area contributed by atoms with Crippen LogP contribution in [0, 0.1) is 0 Å². The molecule has 22 heavy (non-hydrogen) atoms. The molecule has 0 atom stereocenters. The Bertz CT molecular complexity index is 463. The normalized spacial score (nSPS) is 12.3. The van der Waals surface area contributed by atoms with Crippen LogP contribution >= 0.6 is 11.6 Å². The highest BCUT2D eigenvalue weighted by Gasteiger charge is 2.26. The maximum absolute atomic E-state index is 12.0. The van der Waals surface area contributed by atoms with Crippen LogP contribution in [0.5, 0.6) is 0 Å². The number of guanidine groups is 1. The summed E-state index contributed by atoms with van der Waals surface area (Å²) in [7, 11) is 1.50. The first-order chi connectivity index (χ1) is 10.4. The maximum atomic E-state index is 12.0. The average Bonchev–Trinajstić information content (AvgIpc) is 2.45. The second kappa shape index (κ2) is 9.53. The minimum absolute atomic E-state index is 0.213. The maximum Gasteiger partial charge on any atom is 0.390 e. The Morgan fingerprint density at radius 3 is 2.41 bits per heavy atom. The van der Waals surface area contributed by atoms with Gasteiger partial charge in [-0.15, -0.1) is 0 Å². The summed E-state index contributed by atoms with van der Waals surface area (Å²) in [4.78, 5) is 3.83. The monoisotopic (exact) mass is 337 g/mol. The summed E-state index contributed by atoms with van der Waals surface area (Å²) in [6.45, 7) is 1.08. The molecule has 0 aliphatic carbocycles. The second-order valence-corrected chi connectivity index (χ2v) is 4.91. The Balaban J connectivity index is 2.13. The largest absolute Gasteiger partial charge is 0.390 e. The van der Waals surface area contributed by atoms with Gasteiger partial charge in [0, 0.05) is 25.2 Å². The number of rotatable bonds is 7. The molecule has 0 unspecified atom stereocenters. The van der Waals surface area contributed by atoms with E-state index >= 15 is 0 Å². The molecule has 124 valence electrons. The molecule has 8 heteroatoms. The zero-order valence-electron chi connectivity index (χ0n) is 12.2. The topological polar surface area (TPSA) is 45.7 Å². The van der Waals surface area contributed by atoms with Gasteiger partial charge in [-0.2, -0.15) is 13.2 Å². The van der Waals surface area contributed by atoms with Crippen molar-refractivity contribution in [2.24, 2.45) is 4.99 Å². The molecule has 4 nitrogen and oxygen atoms in total. The summed E-state index contributed by atoms with van der Waals surface area (Å²) in [6, 6.07) is 7.30. The number of nitrogens with zero attached hydrogens (tertiary/aromatic N) is 1. The molecule has 0 aliphatic rings. The van der Waals surface area contributed by atoms with Gasteiger partial charge in [-0.25, -0.2) is 0 Å². The van der Waals surface area contributed by atoms with E-state index in [-0.39, 0.29) is 6.54 Å². The lowest BCUT2D eigenvalue weighted by molar-refractivity contribution is -0.132. The van der Waals surface area contributed by atoms with E-state index in [1.165, 1.54) is 7.05 Å². The van der Waals surface area contributed by atoms with Gasteiger partial charge in [0.15, 0.2) is 5.96 Å². The lowest BCUT2D eigenvalue weighted by Crippen LogP contribution is -2.40. The minimum Gasteiger partial charge on any atom is -0.375 e. The van der Waals surface area contributed by atoms with Gasteiger partial charge in [-0.3, -0.25) is 4.99 Å². The van der Waals surface area contributed by atoms with Gasteiger partial charge in [-0.1, -0.05) is 23.7 Å². The summed E-state index contributed by atoms with van der Waals surface area (Å²) >= 11 is 5.77. The van der Waals surface area contributed by atoms with Gasteiger partial charge in [0.2, 0.25) is 0 Å². The van der Waals surface area contributed by atoms with Crippen molar-refractivity contribution in [3.05, 3.63) is 34.9 Å². The van der Waals surface area contributed by atoms with Gasteiger partial charge in [0.05, 0.1) is 19.6 Å². The molecule has 0 amide bonds. The Morgan fingerprint density at radius 2 is 1.82 bits per heavy atom. The van der Waals surface area contributed by atoms with E-state index in [1.54, 1.807) is 12.1 Å². The third-order valence-corrected chi connectivity index (χ3v) is 2.90. The lowest BCUT2D eigenvalue weighted by Gasteiger charge is -2.13. The van der Waals surface area contributed by atoms with Crippen molar-refractivity contribution in [2.75, 3.05) is 26.7 Å². The summed E-state index contributed by atoms with van der Waals surface area (Å²) in [5.41, 5.74) is 0.997. The fourth-order valence-electron chi connectivity index (χ4n) is 1.56. The van der Waals surface area contributed by atoms with E-state index in [9.17, 15) is 13.2 Å². The molecule has 1 aromatic carbocycles. The van der Waals surface area contributed by atoms with Crippen molar-refractivity contribution in [1.29, 1.82) is 0 Å². The number of halogens is 4. The predicted molar refractivity (Wildman–Crippen MR) is 81.1 cm³/mol. The Kier molecular flexibility index (Phi) is 8.05. The SMILES string of the molecule is CN=C(NCCOCc1ccc(Cl)cc1)NCCC(F)(F)F. The van der Waals surface area contributed by atoms with Crippen LogP contribution in [0.3, 0.4) is 0 Å². The third-order valence-electron chi connectivity index (χ3n) is 2.65. The van der Waals surface area contributed by atoms with Gasteiger partial charge in [-0.05, 0) is 17.7 Å². The number of hydrogen-bond donors (Lipinski definition) is 2. The number of aliphatic imine (C=N–C) groups is 1. The molecule has 0 saturated heterocycles. The van der Waals surface area contributed by atoms with Gasteiger partial charge in [0.1, 0.15) is 0 Å². The van der Waals surface area contributed by atoms with Gasteiger partial charge >= 0.3 is 6.18 Å². The van der Waals surface area contributed by atoms with Crippen LogP contribution < -0.4 is 10.6 Å². The molecule has 0 fully saturated rings. The second-order valence-electron chi connectivity index (χ2n) is 4.47. The van der Waals surface area contributed by atoms with Gasteiger partial charge < -0.3 is 15.4 Å². The molecule has 1 aromatic rings. The highest BCUT2D eigenvalue weighted by atomic mass is 35.5. The Hall–Kier alpha value is -1.47. The fourth-order valence-corrected chi connectivity index (χ4v) is 1.68. The molecule has 2 N–H and O–H groups in total. The molecule has 0 bridgehead atoms. The molecule has 0 heterocycles. The first kappa shape index (κ1) is 18.6. The van der Waals surface area contributed by atoms with Crippen molar-refractivity contribution < 1.29 is 17.9 Å². The first-order valence-corrected chi connectivity index (χ1v) is 7.12. The van der Waals surface area contributed by atoms with E-state index in [1.807, 2.05) is 12.1 Å². The Morgan fingerprint density at radius 1 is 1.18 bits per heavy atom. The van der Waals surface area contributed by atoms with E-state index in [0.29, 0.717) is 30.7 Å². The summed E-state index contributed by atoms with van der Waals surface area (Å²) < 4.78 is 41.5. The van der Waals surface area contributed by atoms with Gasteiger partial charge in [0.25, 0.3) is 0 Å². The highest BCUT2D eigenvalue weighted by Crippen LogP contribution is 2.18. The predicted octanol–water partition coefficient (Wildman–Crippen LogP) is 2.97. The summed E-state index contributed by atoms with van der Waals surface area (Å²) in [6.07, 6.45) is -5.08. The van der Waals surface area contributed by atoms with Crippen LogP contribution in [0.2, 0.25) is 5.02 Å². The van der Waals surface area contributed by atoms with Crippen molar-refractivity contribution in [3.63, 3.8) is 0 Å². The number of hydrogen-bond acceptors (Lipinski definition) is 2. The van der Waals surface area contributed by atoms with Crippen LogP contribution in [0.4, 0.5) is 13.2 Å². The van der Waals surface area contributed by atoms with E-state index in [2.05, 4.69) is 15.6 Å². The first-order valence-electron chi connectivity index (χ1n) is 6.74. The molecule has 0 spiro atoms. The third kappa shape index (κ3) is 8.74. The van der Waals surface area contributed by atoms with E-state index in [0.717, 1.165) is 5.56 Å². The average molecular weight is 338 g/mol. The number of alkyl halides is 3. The van der Waals surface area contributed by atoms with Crippen LogP contribution in [-0.4, -0.2) is 38.9 Å². The summed E-state index contributed by atoms with van der Waals surface area (Å²) in [5, 5.41) is 6.13. The molecular weight excluding hydrogens is 319 g/mol. The van der Waals surface area contributed by atoms with Crippen molar-refractivity contribution >= 4 is 17.6 Å². The zero-order valence-corrected chi connectivity index (χ0v) is 13.0. The fraction of sp³-hybridized carbons (Fsp3) is 0.500. The van der Waals surface area contributed by atoms with Crippen molar-refractivity contribution in [2.45, 2.75) is 19.2 Å². The molecule has 0 aromatic heterocycles. The quantitative estimate of drug-likeness (QED) is 0.457. The molecule has 0 aliphatic heterocycles. The summed E-state index contributed by atoms with van der Waals surface area (Å²) in [5.74, 6) is 0.319. The van der Waals surface area contributed by atoms with Crippen LogP contribution in [0.15, 0.2) is 29.3 Å². The number of ether oxygens (including phenoxy) is 1. The van der Waals surface area contributed by atoms with E-state index in [4.69, 9.17) is 16.3 Å². The molecule has 1 rings (SSSR count). The molecule has 0 radical (unpaired) electrons. The highest BCUT2D eigenvalue weighted by molar-refractivity contribution is 6.30. The van der Waals surface area contributed by atoms with Crippen LogP contribution in [-0.2, 0) is 11.3 Å². The number of nitrogens with one attached hydrogen (secondary N) is 2.